The number of rotatable bonds is 6. The van der Waals surface area contributed by atoms with E-state index >= 15 is 0 Å². The molecule has 4 rings (SSSR count). The van der Waals surface area contributed by atoms with Crippen LogP contribution in [-0.2, 0) is 21.4 Å². The number of methoxy groups -OCH3 is 1. The number of carbonyl (C=O) groups excluding carboxylic acids is 3. The molecular weight excluding hydrogens is 418 g/mol. The number of nitrogens with zero attached hydrogens (tertiary/aromatic N) is 2. The third-order valence-corrected chi connectivity index (χ3v) is 6.63. The van der Waals surface area contributed by atoms with Crippen molar-refractivity contribution in [2.24, 2.45) is 0 Å². The molecule has 1 saturated heterocycles. The van der Waals surface area contributed by atoms with Crippen molar-refractivity contribution in [1.82, 2.24) is 10.2 Å². The predicted octanol–water partition coefficient (Wildman–Crippen LogP) is 3.43. The van der Waals surface area contributed by atoms with Crippen LogP contribution in [0.2, 0.25) is 0 Å². The van der Waals surface area contributed by atoms with E-state index in [1.165, 1.54) is 0 Å². The summed E-state index contributed by atoms with van der Waals surface area (Å²) < 4.78 is 5.38. The number of para-hydroxylation sites is 2. The number of fused-ring (bicyclic) bond motifs is 1. The minimum Gasteiger partial charge on any atom is -0.496 e. The van der Waals surface area contributed by atoms with Gasteiger partial charge in [-0.25, -0.2) is 4.79 Å². The Balaban J connectivity index is 1.53. The molecule has 0 saturated carbocycles. The van der Waals surface area contributed by atoms with Gasteiger partial charge in [0, 0.05) is 36.3 Å². The largest absolute Gasteiger partial charge is 0.496 e. The second-order valence-corrected chi connectivity index (χ2v) is 9.34. The van der Waals surface area contributed by atoms with E-state index in [1.54, 1.807) is 20.1 Å². The van der Waals surface area contributed by atoms with Gasteiger partial charge in [0.1, 0.15) is 11.3 Å². The van der Waals surface area contributed by atoms with Gasteiger partial charge in [-0.15, -0.1) is 0 Å². The fourth-order valence-corrected chi connectivity index (χ4v) is 4.85. The topological polar surface area (TPSA) is 79.0 Å². The number of imide groups is 1. The maximum atomic E-state index is 13.2. The van der Waals surface area contributed by atoms with E-state index in [0.717, 1.165) is 27.4 Å². The fraction of sp³-hybridized carbons (Fsp3) is 0.346. The minimum absolute atomic E-state index is 0.262. The Morgan fingerprint density at radius 3 is 2.42 bits per heavy atom. The van der Waals surface area contributed by atoms with Crippen molar-refractivity contribution in [3.8, 4) is 5.75 Å². The van der Waals surface area contributed by atoms with Crippen molar-refractivity contribution in [1.29, 1.82) is 0 Å². The summed E-state index contributed by atoms with van der Waals surface area (Å²) >= 11 is 0. The van der Waals surface area contributed by atoms with Crippen molar-refractivity contribution in [3.05, 3.63) is 71.4 Å². The first-order chi connectivity index (χ1) is 15.6. The van der Waals surface area contributed by atoms with Gasteiger partial charge in [-0.2, -0.15) is 0 Å². The highest BCUT2D eigenvalue weighted by Crippen LogP contribution is 2.46. The summed E-state index contributed by atoms with van der Waals surface area (Å²) in [6.45, 7) is 5.49. The van der Waals surface area contributed by atoms with Crippen LogP contribution >= 0.6 is 0 Å². The molecule has 2 aliphatic rings. The third-order valence-electron chi connectivity index (χ3n) is 6.63. The molecule has 2 heterocycles. The molecular formula is C26H29N3O4. The lowest BCUT2D eigenvalue weighted by atomic mass is 9.83. The lowest BCUT2D eigenvalue weighted by Gasteiger charge is -2.24. The van der Waals surface area contributed by atoms with E-state index in [0.29, 0.717) is 5.75 Å². The van der Waals surface area contributed by atoms with Crippen LogP contribution in [-0.4, -0.2) is 48.9 Å². The Morgan fingerprint density at radius 1 is 1.06 bits per heavy atom. The van der Waals surface area contributed by atoms with E-state index in [2.05, 4.69) is 25.2 Å². The standard InChI is InChI=1S/C26H29N3O4/c1-25(2)19-11-7-8-12-20(19)28(4)22(25)14-18(30)16-29-23(31)26(3,27-24(29)32)15-17-10-6-9-13-21(17)33-5/h6-14H,15-16H2,1-5H3,(H,27,32)/b22-14+/t26-/m1/s1. The lowest BCUT2D eigenvalue weighted by molar-refractivity contribution is -0.133. The molecule has 1 N–H and O–H groups in total. The van der Waals surface area contributed by atoms with Gasteiger partial charge >= 0.3 is 6.03 Å². The summed E-state index contributed by atoms with van der Waals surface area (Å²) in [4.78, 5) is 41.9. The SMILES string of the molecule is COc1ccccc1C[C@@]1(C)NC(=O)N(CC(=O)/C=C2/N(C)c3ccccc3C2(C)C)C1=O. The van der Waals surface area contributed by atoms with Crippen LogP contribution in [0.4, 0.5) is 10.5 Å². The normalized spacial score (nSPS) is 22.5. The van der Waals surface area contributed by atoms with Gasteiger partial charge in [0.25, 0.3) is 5.91 Å². The van der Waals surface area contributed by atoms with Gasteiger partial charge < -0.3 is 15.0 Å². The number of hydrogen-bond acceptors (Lipinski definition) is 5. The van der Waals surface area contributed by atoms with Crippen LogP contribution in [0.3, 0.4) is 0 Å². The van der Waals surface area contributed by atoms with E-state index in [9.17, 15) is 14.4 Å². The maximum Gasteiger partial charge on any atom is 0.325 e. The van der Waals surface area contributed by atoms with E-state index < -0.39 is 17.5 Å². The summed E-state index contributed by atoms with van der Waals surface area (Å²) in [5, 5.41) is 2.77. The molecule has 7 heteroatoms. The van der Waals surface area contributed by atoms with Crippen molar-refractivity contribution in [2.45, 2.75) is 38.1 Å². The van der Waals surface area contributed by atoms with Crippen molar-refractivity contribution in [2.75, 3.05) is 25.6 Å². The molecule has 1 atom stereocenters. The molecule has 2 aromatic rings. The second kappa shape index (κ2) is 8.06. The molecule has 7 nitrogen and oxygen atoms in total. The van der Waals surface area contributed by atoms with Crippen LogP contribution in [0.15, 0.2) is 60.3 Å². The summed E-state index contributed by atoms with van der Waals surface area (Å²) in [5.41, 5.74) is 2.29. The first-order valence-electron chi connectivity index (χ1n) is 10.9. The fourth-order valence-electron chi connectivity index (χ4n) is 4.85. The smallest absolute Gasteiger partial charge is 0.325 e. The van der Waals surface area contributed by atoms with Gasteiger partial charge in [-0.3, -0.25) is 14.5 Å². The Labute approximate surface area is 194 Å². The number of carbonyl (C=O) groups is 3. The quantitative estimate of drug-likeness (QED) is 0.542. The van der Waals surface area contributed by atoms with Crippen LogP contribution in [0.1, 0.15) is 31.9 Å². The molecule has 0 spiro atoms. The van der Waals surface area contributed by atoms with Gasteiger partial charge in [0.05, 0.1) is 13.7 Å². The third kappa shape index (κ3) is 3.77. The van der Waals surface area contributed by atoms with Crippen molar-refractivity contribution < 1.29 is 19.1 Å². The second-order valence-electron chi connectivity index (χ2n) is 9.34. The lowest BCUT2D eigenvalue weighted by Crippen LogP contribution is -2.46. The zero-order chi connectivity index (χ0) is 24.0. The van der Waals surface area contributed by atoms with Crippen LogP contribution in [0.25, 0.3) is 0 Å². The molecule has 33 heavy (non-hydrogen) atoms. The number of amides is 3. The van der Waals surface area contributed by atoms with Crippen LogP contribution < -0.4 is 15.0 Å². The number of urea groups is 1. The average molecular weight is 448 g/mol. The highest BCUT2D eigenvalue weighted by atomic mass is 16.5. The number of nitrogens with one attached hydrogen (secondary N) is 1. The molecule has 0 radical (unpaired) electrons. The molecule has 0 aliphatic carbocycles. The van der Waals surface area contributed by atoms with Gasteiger partial charge in [-0.1, -0.05) is 50.2 Å². The number of likely N-dealkylation sites (N-methyl/N-ethyl adjacent to an activating group) is 1. The zero-order valence-electron chi connectivity index (χ0n) is 19.6. The number of ether oxygens (including phenoxy) is 1. The van der Waals surface area contributed by atoms with Gasteiger partial charge in [-0.05, 0) is 30.2 Å². The summed E-state index contributed by atoms with van der Waals surface area (Å²) in [5.74, 6) is -0.0821. The molecule has 2 aromatic carbocycles. The summed E-state index contributed by atoms with van der Waals surface area (Å²) in [6.07, 6.45) is 1.81. The molecule has 1 fully saturated rings. The highest BCUT2D eigenvalue weighted by molar-refractivity contribution is 6.10. The summed E-state index contributed by atoms with van der Waals surface area (Å²) in [7, 11) is 3.49. The molecule has 0 unspecified atom stereocenters. The molecule has 3 amide bonds. The molecule has 2 aliphatic heterocycles. The average Bonchev–Trinajstić information content (AvgIpc) is 3.11. The number of hydrogen-bond donors (Lipinski definition) is 1. The first kappa shape index (κ1) is 22.6. The molecule has 172 valence electrons. The Bertz CT molecular complexity index is 1170. The highest BCUT2D eigenvalue weighted by Gasteiger charge is 2.48. The number of benzene rings is 2. The zero-order valence-corrected chi connectivity index (χ0v) is 19.6. The van der Waals surface area contributed by atoms with E-state index in [4.69, 9.17) is 4.74 Å². The van der Waals surface area contributed by atoms with Crippen LogP contribution in [0, 0.1) is 0 Å². The molecule has 0 bridgehead atoms. The summed E-state index contributed by atoms with van der Waals surface area (Å²) in [6, 6.07) is 14.8. The van der Waals surface area contributed by atoms with Crippen molar-refractivity contribution in [3.63, 3.8) is 0 Å². The predicted molar refractivity (Wildman–Crippen MR) is 126 cm³/mol. The van der Waals surface area contributed by atoms with Crippen LogP contribution in [0.5, 0.6) is 5.75 Å². The van der Waals surface area contributed by atoms with Gasteiger partial charge in [0.15, 0.2) is 5.78 Å². The Hall–Kier alpha value is -3.61. The van der Waals surface area contributed by atoms with Crippen molar-refractivity contribution >= 4 is 23.4 Å². The number of allylic oxidation sites excluding steroid dienone is 1. The number of ketones is 1. The number of anilines is 1. The Kier molecular flexibility index (Phi) is 5.52. The minimum atomic E-state index is -1.15. The van der Waals surface area contributed by atoms with Gasteiger partial charge in [0.2, 0.25) is 0 Å². The van der Waals surface area contributed by atoms with E-state index in [-0.39, 0.29) is 24.2 Å². The monoisotopic (exact) mass is 447 g/mol. The molecule has 0 aromatic heterocycles. The maximum absolute atomic E-state index is 13.2. The Morgan fingerprint density at radius 2 is 1.73 bits per heavy atom. The first-order valence-corrected chi connectivity index (χ1v) is 10.9. The van der Waals surface area contributed by atoms with E-state index in [1.807, 2.05) is 54.4 Å².